The zero-order valence-electron chi connectivity index (χ0n) is 11.6. The summed E-state index contributed by atoms with van der Waals surface area (Å²) >= 11 is 0. The number of benzene rings is 1. The molecule has 0 spiro atoms. The van der Waals surface area contributed by atoms with Gasteiger partial charge < -0.3 is 4.90 Å². The van der Waals surface area contributed by atoms with Crippen molar-refractivity contribution in [1.29, 1.82) is 0 Å². The van der Waals surface area contributed by atoms with Gasteiger partial charge in [-0.25, -0.2) is 4.39 Å². The highest BCUT2D eigenvalue weighted by Gasteiger charge is 2.49. The van der Waals surface area contributed by atoms with Crippen LogP contribution in [-0.2, 0) is 4.79 Å². The summed E-state index contributed by atoms with van der Waals surface area (Å²) in [6.45, 7) is 4.52. The van der Waals surface area contributed by atoms with Gasteiger partial charge in [-0.05, 0) is 31.7 Å². The SMILES string of the molecule is C=CCC1(C(=O)N2CC[C@@H]2c2ccccc2F)CCC1. The Morgan fingerprint density at radius 3 is 2.70 bits per heavy atom. The standard InChI is InChI=1S/C17H20FNO/c1-2-9-17(10-5-11-17)16(20)19-12-8-15(19)13-6-3-4-7-14(13)18/h2-4,6-7,15H,1,5,8-12H2/t15-/m1/s1. The molecule has 106 valence electrons. The molecule has 1 aliphatic heterocycles. The van der Waals surface area contributed by atoms with Crippen molar-refractivity contribution in [2.45, 2.75) is 38.1 Å². The van der Waals surface area contributed by atoms with Crippen LogP contribution in [0.2, 0.25) is 0 Å². The summed E-state index contributed by atoms with van der Waals surface area (Å²) in [5, 5.41) is 0. The molecule has 2 fully saturated rings. The molecule has 1 amide bonds. The molecule has 1 aliphatic carbocycles. The van der Waals surface area contributed by atoms with Crippen LogP contribution < -0.4 is 0 Å². The smallest absolute Gasteiger partial charge is 0.229 e. The molecule has 1 saturated heterocycles. The van der Waals surface area contributed by atoms with Crippen molar-refractivity contribution in [3.05, 3.63) is 48.3 Å². The first-order valence-corrected chi connectivity index (χ1v) is 7.34. The van der Waals surface area contributed by atoms with Crippen molar-refractivity contribution >= 4 is 5.91 Å². The maximum Gasteiger partial charge on any atom is 0.229 e. The molecule has 1 atom stereocenters. The lowest BCUT2D eigenvalue weighted by Crippen LogP contribution is -2.54. The molecule has 1 saturated carbocycles. The van der Waals surface area contributed by atoms with Crippen LogP contribution in [0.25, 0.3) is 0 Å². The Hall–Kier alpha value is -1.64. The van der Waals surface area contributed by atoms with Crippen molar-refractivity contribution in [2.24, 2.45) is 5.41 Å². The fourth-order valence-corrected chi connectivity index (χ4v) is 3.39. The number of halogens is 1. The molecule has 3 heteroatoms. The number of carbonyl (C=O) groups is 1. The minimum Gasteiger partial charge on any atom is -0.335 e. The maximum atomic E-state index is 13.9. The summed E-state index contributed by atoms with van der Waals surface area (Å²) in [4.78, 5) is 14.6. The number of carbonyl (C=O) groups excluding carboxylic acids is 1. The van der Waals surface area contributed by atoms with Crippen LogP contribution >= 0.6 is 0 Å². The van der Waals surface area contributed by atoms with Crippen LogP contribution in [0.1, 0.15) is 43.7 Å². The Morgan fingerprint density at radius 2 is 2.20 bits per heavy atom. The molecule has 2 nitrogen and oxygen atoms in total. The third-order valence-electron chi connectivity index (χ3n) is 4.84. The van der Waals surface area contributed by atoms with Crippen LogP contribution in [0.5, 0.6) is 0 Å². The van der Waals surface area contributed by atoms with E-state index < -0.39 is 0 Å². The first-order valence-electron chi connectivity index (χ1n) is 7.34. The van der Waals surface area contributed by atoms with Gasteiger partial charge in [-0.15, -0.1) is 6.58 Å². The fourth-order valence-electron chi connectivity index (χ4n) is 3.39. The van der Waals surface area contributed by atoms with E-state index >= 15 is 0 Å². The highest BCUT2D eigenvalue weighted by molar-refractivity contribution is 5.85. The van der Waals surface area contributed by atoms with Gasteiger partial charge in [0.25, 0.3) is 0 Å². The normalized spacial score (nSPS) is 23.6. The summed E-state index contributed by atoms with van der Waals surface area (Å²) in [7, 11) is 0. The van der Waals surface area contributed by atoms with Gasteiger partial charge in [0, 0.05) is 12.1 Å². The van der Waals surface area contributed by atoms with E-state index in [2.05, 4.69) is 6.58 Å². The molecule has 0 N–H and O–H groups in total. The van der Waals surface area contributed by atoms with Crippen molar-refractivity contribution in [1.82, 2.24) is 4.90 Å². The van der Waals surface area contributed by atoms with Gasteiger partial charge in [0.2, 0.25) is 5.91 Å². The summed E-state index contributed by atoms with van der Waals surface area (Å²) in [5.74, 6) is -0.00969. The highest BCUT2D eigenvalue weighted by atomic mass is 19.1. The van der Waals surface area contributed by atoms with Gasteiger partial charge >= 0.3 is 0 Å². The molecular formula is C17H20FNO. The Balaban J connectivity index is 1.80. The Labute approximate surface area is 119 Å². The van der Waals surface area contributed by atoms with Crippen LogP contribution in [0, 0.1) is 11.2 Å². The topological polar surface area (TPSA) is 20.3 Å². The van der Waals surface area contributed by atoms with Gasteiger partial charge in [-0.3, -0.25) is 4.79 Å². The average molecular weight is 273 g/mol. The minimum atomic E-state index is -0.244. The third-order valence-corrected chi connectivity index (χ3v) is 4.84. The molecule has 0 radical (unpaired) electrons. The van der Waals surface area contributed by atoms with Gasteiger partial charge in [0.1, 0.15) is 5.82 Å². The Morgan fingerprint density at radius 1 is 1.45 bits per heavy atom. The molecule has 0 aromatic heterocycles. The first-order chi connectivity index (χ1) is 9.68. The van der Waals surface area contributed by atoms with E-state index in [0.717, 1.165) is 38.6 Å². The second-order valence-corrected chi connectivity index (χ2v) is 5.95. The number of rotatable bonds is 4. The minimum absolute atomic E-state index is 0.0778. The van der Waals surface area contributed by atoms with E-state index in [4.69, 9.17) is 0 Å². The van der Waals surface area contributed by atoms with Crippen LogP contribution in [0.4, 0.5) is 4.39 Å². The summed E-state index contributed by atoms with van der Waals surface area (Å²) < 4.78 is 13.9. The monoisotopic (exact) mass is 273 g/mol. The summed E-state index contributed by atoms with van der Waals surface area (Å²) in [5.41, 5.74) is 0.409. The molecule has 3 rings (SSSR count). The number of hydrogen-bond donors (Lipinski definition) is 0. The number of allylic oxidation sites excluding steroid dienone is 1. The van der Waals surface area contributed by atoms with Crippen molar-refractivity contribution < 1.29 is 9.18 Å². The number of likely N-dealkylation sites (tertiary alicyclic amines) is 1. The molecule has 1 aromatic carbocycles. The van der Waals surface area contributed by atoms with Crippen molar-refractivity contribution in [2.75, 3.05) is 6.54 Å². The van der Waals surface area contributed by atoms with Crippen LogP contribution in [0.15, 0.2) is 36.9 Å². The zero-order chi connectivity index (χ0) is 14.2. The fraction of sp³-hybridized carbons (Fsp3) is 0.471. The second kappa shape index (κ2) is 5.04. The number of amides is 1. The van der Waals surface area contributed by atoms with Gasteiger partial charge in [-0.2, -0.15) is 0 Å². The highest BCUT2D eigenvalue weighted by Crippen LogP contribution is 2.49. The molecular weight excluding hydrogens is 253 g/mol. The molecule has 2 aliphatic rings. The van der Waals surface area contributed by atoms with E-state index in [-0.39, 0.29) is 23.2 Å². The quantitative estimate of drug-likeness (QED) is 0.763. The second-order valence-electron chi connectivity index (χ2n) is 5.95. The molecule has 1 heterocycles. The van der Waals surface area contributed by atoms with E-state index in [1.54, 1.807) is 12.1 Å². The average Bonchev–Trinajstić information content (AvgIpc) is 2.35. The van der Waals surface area contributed by atoms with Crippen LogP contribution in [0.3, 0.4) is 0 Å². The van der Waals surface area contributed by atoms with Crippen LogP contribution in [-0.4, -0.2) is 17.4 Å². The molecule has 0 bridgehead atoms. The summed E-state index contributed by atoms with van der Waals surface area (Å²) in [6, 6.07) is 6.71. The van der Waals surface area contributed by atoms with Crippen molar-refractivity contribution in [3.8, 4) is 0 Å². The largest absolute Gasteiger partial charge is 0.335 e. The van der Waals surface area contributed by atoms with Gasteiger partial charge in [0.15, 0.2) is 0 Å². The predicted molar refractivity (Wildman–Crippen MR) is 76.6 cm³/mol. The van der Waals surface area contributed by atoms with E-state index in [0.29, 0.717) is 5.56 Å². The predicted octanol–water partition coefficient (Wildman–Crippen LogP) is 3.85. The van der Waals surface area contributed by atoms with E-state index in [9.17, 15) is 9.18 Å². The summed E-state index contributed by atoms with van der Waals surface area (Å²) in [6.07, 6.45) is 6.44. The van der Waals surface area contributed by atoms with Gasteiger partial charge in [-0.1, -0.05) is 30.7 Å². The number of nitrogens with zero attached hydrogens (tertiary/aromatic N) is 1. The lowest BCUT2D eigenvalue weighted by atomic mass is 9.65. The number of hydrogen-bond acceptors (Lipinski definition) is 1. The maximum absolute atomic E-state index is 13.9. The first kappa shape index (κ1) is 13.3. The van der Waals surface area contributed by atoms with E-state index in [1.807, 2.05) is 17.0 Å². The molecule has 1 aromatic rings. The lowest BCUT2D eigenvalue weighted by molar-refractivity contribution is -0.156. The van der Waals surface area contributed by atoms with Gasteiger partial charge in [0.05, 0.1) is 11.5 Å². The Bertz CT molecular complexity index is 536. The molecule has 0 unspecified atom stereocenters. The Kier molecular flexibility index (Phi) is 3.36. The van der Waals surface area contributed by atoms with E-state index in [1.165, 1.54) is 6.07 Å². The van der Waals surface area contributed by atoms with Crippen molar-refractivity contribution in [3.63, 3.8) is 0 Å². The zero-order valence-corrected chi connectivity index (χ0v) is 11.6. The molecule has 20 heavy (non-hydrogen) atoms. The third kappa shape index (κ3) is 1.96. The lowest BCUT2D eigenvalue weighted by Gasteiger charge is -2.50.